The van der Waals surface area contributed by atoms with E-state index < -0.39 is 0 Å². The van der Waals surface area contributed by atoms with Gasteiger partial charge in [-0.05, 0) is 61.8 Å². The molecule has 0 aliphatic carbocycles. The van der Waals surface area contributed by atoms with Crippen LogP contribution in [0, 0.1) is 0 Å². The summed E-state index contributed by atoms with van der Waals surface area (Å²) in [5.41, 5.74) is 2.93. The second-order valence-corrected chi connectivity index (χ2v) is 7.97. The van der Waals surface area contributed by atoms with E-state index >= 15 is 0 Å². The largest absolute Gasteiger partial charge is 0.494 e. The molecule has 0 saturated heterocycles. The number of rotatable bonds is 9. The van der Waals surface area contributed by atoms with E-state index in [1.807, 2.05) is 30.3 Å². The minimum atomic E-state index is 0.157. The highest BCUT2D eigenvalue weighted by Crippen LogP contribution is 2.31. The monoisotopic (exact) mass is 402 g/mol. The Morgan fingerprint density at radius 1 is 0.967 bits per heavy atom. The molecular formula is C25H30N4O. The Kier molecular flexibility index (Phi) is 6.29. The first-order valence-corrected chi connectivity index (χ1v) is 11.0. The van der Waals surface area contributed by atoms with Gasteiger partial charge in [-0.3, -0.25) is 4.90 Å². The van der Waals surface area contributed by atoms with Crippen molar-refractivity contribution in [3.63, 3.8) is 0 Å². The fraction of sp³-hybridized carbons (Fsp3) is 0.360. The van der Waals surface area contributed by atoms with Gasteiger partial charge < -0.3 is 10.1 Å². The maximum atomic E-state index is 10.5. The van der Waals surface area contributed by atoms with Gasteiger partial charge in [-0.25, -0.2) is 9.98 Å². The van der Waals surface area contributed by atoms with Gasteiger partial charge in [0.2, 0.25) is 0 Å². The van der Waals surface area contributed by atoms with E-state index in [0.717, 1.165) is 46.8 Å². The van der Waals surface area contributed by atoms with E-state index in [1.165, 1.54) is 31.2 Å². The van der Waals surface area contributed by atoms with Crippen molar-refractivity contribution < 1.29 is 5.11 Å². The van der Waals surface area contributed by atoms with Crippen LogP contribution >= 0.6 is 0 Å². The lowest BCUT2D eigenvalue weighted by Crippen LogP contribution is -2.25. The number of H-pyrrole nitrogens is 1. The summed E-state index contributed by atoms with van der Waals surface area (Å²) in [6.45, 7) is 7.66. The van der Waals surface area contributed by atoms with Crippen LogP contribution in [-0.2, 0) is 6.54 Å². The van der Waals surface area contributed by atoms with Crippen molar-refractivity contribution in [2.75, 3.05) is 13.1 Å². The molecule has 0 bridgehead atoms. The highest BCUT2D eigenvalue weighted by Gasteiger charge is 2.13. The first-order chi connectivity index (χ1) is 14.7. The van der Waals surface area contributed by atoms with E-state index in [9.17, 15) is 5.11 Å². The number of aromatic nitrogens is 1. The number of aromatic amines is 1. The molecule has 5 heteroatoms. The zero-order valence-corrected chi connectivity index (χ0v) is 17.9. The standard InChI is InChI=1S/C25H30N4O/c1-3-5-13-29(14-6-4-2)17-18-11-12-21-19(15-18)20(25(30)28-21)16-24-26-22-9-7-8-10-23(22)27-24/h7-12,15-16,28,30H,3-6,13-14,17H2,1-2H3. The number of aromatic hydroxyl groups is 1. The highest BCUT2D eigenvalue weighted by atomic mass is 16.3. The molecule has 4 rings (SSSR count). The summed E-state index contributed by atoms with van der Waals surface area (Å²) >= 11 is 0. The molecule has 0 atom stereocenters. The first kappa shape index (κ1) is 20.4. The van der Waals surface area contributed by atoms with Crippen molar-refractivity contribution in [3.05, 3.63) is 70.1 Å². The van der Waals surface area contributed by atoms with E-state index in [4.69, 9.17) is 0 Å². The van der Waals surface area contributed by atoms with Crippen LogP contribution in [0.5, 0.6) is 5.88 Å². The molecule has 2 aromatic carbocycles. The normalized spacial score (nSPS) is 12.8. The maximum absolute atomic E-state index is 10.5. The Hall–Kier alpha value is -2.92. The second-order valence-electron chi connectivity index (χ2n) is 7.97. The quantitative estimate of drug-likeness (QED) is 0.552. The smallest absolute Gasteiger partial charge is 0.197 e. The van der Waals surface area contributed by atoms with Crippen LogP contribution in [0.15, 0.2) is 58.3 Å². The molecule has 5 nitrogen and oxygen atoms in total. The SMILES string of the molecule is CCCCN(CCCC)Cc1ccc2[nH]c(O)c(C=C3N=c4ccccc4=N3)c2c1. The van der Waals surface area contributed by atoms with Crippen LogP contribution < -0.4 is 10.7 Å². The summed E-state index contributed by atoms with van der Waals surface area (Å²) in [4.78, 5) is 14.8. The minimum Gasteiger partial charge on any atom is -0.494 e. The number of unbranched alkanes of at least 4 members (excludes halogenated alkanes) is 2. The number of hydrogen-bond donors (Lipinski definition) is 2. The molecule has 0 radical (unpaired) electrons. The first-order valence-electron chi connectivity index (χ1n) is 11.0. The molecule has 0 fully saturated rings. The molecule has 1 aliphatic rings. The number of fused-ring (bicyclic) bond motifs is 2. The molecule has 0 spiro atoms. The van der Waals surface area contributed by atoms with Gasteiger partial charge in [0.25, 0.3) is 0 Å². The molecule has 2 heterocycles. The Labute approximate surface area is 177 Å². The van der Waals surface area contributed by atoms with Crippen molar-refractivity contribution in [1.82, 2.24) is 9.88 Å². The van der Waals surface area contributed by atoms with Gasteiger partial charge in [0.1, 0.15) is 0 Å². The van der Waals surface area contributed by atoms with Crippen molar-refractivity contribution in [3.8, 4) is 5.88 Å². The molecule has 156 valence electrons. The van der Waals surface area contributed by atoms with Crippen LogP contribution in [0.25, 0.3) is 17.0 Å². The highest BCUT2D eigenvalue weighted by molar-refractivity contribution is 5.92. The van der Waals surface area contributed by atoms with E-state index in [0.29, 0.717) is 5.82 Å². The summed E-state index contributed by atoms with van der Waals surface area (Å²) in [6.07, 6.45) is 6.72. The number of para-hydroxylation sites is 2. The summed E-state index contributed by atoms with van der Waals surface area (Å²) in [6, 6.07) is 14.2. The van der Waals surface area contributed by atoms with Gasteiger partial charge in [0.15, 0.2) is 11.7 Å². The number of nitrogens with zero attached hydrogens (tertiary/aromatic N) is 3. The zero-order chi connectivity index (χ0) is 20.9. The van der Waals surface area contributed by atoms with Gasteiger partial charge in [-0.1, -0.05) is 44.9 Å². The lowest BCUT2D eigenvalue weighted by atomic mass is 10.1. The molecule has 0 unspecified atom stereocenters. The predicted molar refractivity (Wildman–Crippen MR) is 122 cm³/mol. The molecule has 0 saturated carbocycles. The second kappa shape index (κ2) is 9.26. The lowest BCUT2D eigenvalue weighted by Gasteiger charge is -2.22. The average molecular weight is 403 g/mol. The summed E-state index contributed by atoms with van der Waals surface area (Å²) in [7, 11) is 0. The molecule has 1 aliphatic heterocycles. The van der Waals surface area contributed by atoms with E-state index in [-0.39, 0.29) is 5.88 Å². The van der Waals surface area contributed by atoms with Gasteiger partial charge in [-0.15, -0.1) is 0 Å². The number of nitrogens with one attached hydrogen (secondary N) is 1. The van der Waals surface area contributed by atoms with E-state index in [1.54, 1.807) is 0 Å². The fourth-order valence-electron chi connectivity index (χ4n) is 3.90. The zero-order valence-electron chi connectivity index (χ0n) is 17.9. The topological polar surface area (TPSA) is 64.0 Å². The molecular weight excluding hydrogens is 372 g/mol. The van der Waals surface area contributed by atoms with Gasteiger partial charge in [-0.2, -0.15) is 0 Å². The van der Waals surface area contributed by atoms with Crippen LogP contribution in [-0.4, -0.2) is 28.1 Å². The average Bonchev–Trinajstić information content (AvgIpc) is 3.30. The van der Waals surface area contributed by atoms with Gasteiger partial charge in [0.05, 0.1) is 10.7 Å². The summed E-state index contributed by atoms with van der Waals surface area (Å²) in [5, 5.41) is 13.3. The third kappa shape index (κ3) is 4.46. The van der Waals surface area contributed by atoms with Crippen LogP contribution in [0.3, 0.4) is 0 Å². The third-order valence-corrected chi connectivity index (χ3v) is 5.57. The molecule has 1 aromatic heterocycles. The predicted octanol–water partition coefficient (Wildman–Crippen LogP) is 4.53. The maximum Gasteiger partial charge on any atom is 0.197 e. The van der Waals surface area contributed by atoms with Crippen LogP contribution in [0.4, 0.5) is 0 Å². The van der Waals surface area contributed by atoms with Gasteiger partial charge >= 0.3 is 0 Å². The fourth-order valence-corrected chi connectivity index (χ4v) is 3.90. The molecule has 3 aromatic rings. The van der Waals surface area contributed by atoms with Crippen LogP contribution in [0.1, 0.15) is 50.7 Å². The Balaban J connectivity index is 1.64. The minimum absolute atomic E-state index is 0.157. The number of hydrogen-bond acceptors (Lipinski definition) is 4. The third-order valence-electron chi connectivity index (χ3n) is 5.57. The summed E-state index contributed by atoms with van der Waals surface area (Å²) < 4.78 is 0. The van der Waals surface area contributed by atoms with Crippen molar-refractivity contribution >= 4 is 17.0 Å². The number of benzene rings is 2. The molecule has 2 N–H and O–H groups in total. The summed E-state index contributed by atoms with van der Waals surface area (Å²) in [5.74, 6) is 0.773. The molecule has 30 heavy (non-hydrogen) atoms. The molecule has 0 amide bonds. The van der Waals surface area contributed by atoms with Crippen molar-refractivity contribution in [2.24, 2.45) is 9.98 Å². The van der Waals surface area contributed by atoms with Gasteiger partial charge in [0, 0.05) is 23.0 Å². The van der Waals surface area contributed by atoms with Crippen molar-refractivity contribution in [2.45, 2.75) is 46.1 Å². The van der Waals surface area contributed by atoms with Crippen LogP contribution in [0.2, 0.25) is 0 Å². The lowest BCUT2D eigenvalue weighted by molar-refractivity contribution is 0.257. The van der Waals surface area contributed by atoms with Crippen molar-refractivity contribution in [1.29, 1.82) is 0 Å². The Bertz CT molecular complexity index is 1130. The Morgan fingerprint density at radius 3 is 2.27 bits per heavy atom. The Morgan fingerprint density at radius 2 is 1.63 bits per heavy atom. The van der Waals surface area contributed by atoms with E-state index in [2.05, 4.69) is 51.9 Å².